The minimum Gasteiger partial charge on any atom is -0.508 e. The molecule has 7 aromatic heterocycles. The number of rotatable bonds is 16. The normalized spacial score (nSPS) is 10.4. The number of nitrogens with two attached hydrogens (primary N) is 1. The number of ether oxygens (including phenoxy) is 4. The van der Waals surface area contributed by atoms with E-state index in [1.807, 2.05) is 129 Å². The average molecular weight is 1430 g/mol. The molecule has 0 saturated carbocycles. The first-order valence-electron chi connectivity index (χ1n) is 30.4. The van der Waals surface area contributed by atoms with Crippen molar-refractivity contribution < 1.29 is 43.2 Å². The molecule has 0 fully saturated rings. The number of Topliss-reactive ketones (excluding diaryl/α,β-unsaturated/α-hetero) is 3. The number of hydrogen-bond acceptors (Lipinski definition) is 23. The number of aromatic hydroxyl groups is 1. The number of ketones is 3. The van der Waals surface area contributed by atoms with Gasteiger partial charge in [-0.3, -0.25) is 49.4 Å². The van der Waals surface area contributed by atoms with E-state index < -0.39 is 0 Å². The molecule has 25 heteroatoms. The van der Waals surface area contributed by atoms with Crippen LogP contribution in [0.3, 0.4) is 0 Å². The van der Waals surface area contributed by atoms with Crippen LogP contribution in [0.2, 0.25) is 0 Å². The maximum Gasteiger partial charge on any atom is 0.257 e. The fraction of sp³-hybridized carbons (Fsp3) is 0.176. The van der Waals surface area contributed by atoms with Gasteiger partial charge >= 0.3 is 0 Å². The van der Waals surface area contributed by atoms with Crippen LogP contribution < -0.4 is 30.0 Å². The Kier molecular flexibility index (Phi) is 26.0. The molecule has 4 N–H and O–H groups in total. The lowest BCUT2D eigenvalue weighted by molar-refractivity contribution is 0.100. The minimum absolute atomic E-state index is 0.0463. The molecular weight excluding hydrogens is 1360 g/mol. The number of phenolic OH excluding ortho intramolecular Hbond substituents is 1. The summed E-state index contributed by atoms with van der Waals surface area (Å²) in [6.07, 6.45) is 22.1. The summed E-state index contributed by atoms with van der Waals surface area (Å²) in [7, 11) is 0. The van der Waals surface area contributed by atoms with Gasteiger partial charge in [-0.15, -0.1) is 22.7 Å². The number of thiazole rings is 2. The number of halogens is 1. The number of nitrogen functional groups attached to an aromatic ring is 1. The molecule has 5 aromatic carbocycles. The number of amides is 1. The summed E-state index contributed by atoms with van der Waals surface area (Å²) in [6, 6.07) is 21.7. The lowest BCUT2D eigenvalue weighted by Gasteiger charge is -2.11. The molecule has 99 heavy (non-hydrogen) atoms. The number of anilines is 2. The van der Waals surface area contributed by atoms with Crippen LogP contribution in [0.5, 0.6) is 52.3 Å². The van der Waals surface area contributed by atoms with Crippen LogP contribution in [0.15, 0.2) is 170 Å². The van der Waals surface area contributed by atoms with Crippen LogP contribution in [0.1, 0.15) is 111 Å². The SMILES string of the molecule is CC(=O)c1c(C)cc(O)cc1C.CC(=O)c1c(C)cc(Oc2cnccn2)cc1C.Cc1cc(Oc2cnccn2)cc(C)c1-c1csc(N)n1.Cc1cc(Oc2cnccn2)cc(C)c1-c1csc(NC(=O)c2ccncc2)n1.Cc1cc(Oc2cnccn2)cc(C)c1C(=O)CBr. The van der Waals surface area contributed by atoms with E-state index >= 15 is 0 Å². The van der Waals surface area contributed by atoms with E-state index in [1.54, 1.807) is 118 Å². The van der Waals surface area contributed by atoms with E-state index in [-0.39, 0.29) is 29.0 Å². The van der Waals surface area contributed by atoms with Gasteiger partial charge in [0.2, 0.25) is 23.5 Å². The van der Waals surface area contributed by atoms with Crippen LogP contribution in [0, 0.1) is 69.2 Å². The zero-order valence-electron chi connectivity index (χ0n) is 56.3. The van der Waals surface area contributed by atoms with Gasteiger partial charge in [0.1, 0.15) is 28.7 Å². The average Bonchev–Trinajstić information content (AvgIpc) is 1.73. The van der Waals surface area contributed by atoms with Gasteiger partial charge in [-0.1, -0.05) is 15.9 Å². The topological polar surface area (TPSA) is 305 Å². The molecule has 1 amide bonds. The van der Waals surface area contributed by atoms with Gasteiger partial charge in [-0.05, 0) is 212 Å². The lowest BCUT2D eigenvalue weighted by Crippen LogP contribution is -2.11. The Bertz CT molecular complexity index is 4670. The number of phenols is 1. The predicted molar refractivity (Wildman–Crippen MR) is 387 cm³/mol. The summed E-state index contributed by atoms with van der Waals surface area (Å²) in [6.45, 7) is 22.4. The molecule has 7 heterocycles. The number of carbonyl (C=O) groups is 4. The van der Waals surface area contributed by atoms with Crippen molar-refractivity contribution in [1.29, 1.82) is 0 Å². The third-order valence-corrected chi connectivity index (χ3v) is 16.3. The van der Waals surface area contributed by atoms with Gasteiger partial charge in [-0.25, -0.2) is 29.9 Å². The molecule has 0 spiro atoms. The summed E-state index contributed by atoms with van der Waals surface area (Å²) in [4.78, 5) is 91.8. The monoisotopic (exact) mass is 1430 g/mol. The molecule has 0 aliphatic rings. The van der Waals surface area contributed by atoms with Gasteiger partial charge in [0.15, 0.2) is 27.6 Å². The number of nitrogens with zero attached hydrogens (tertiary/aromatic N) is 11. The number of carbonyl (C=O) groups excluding carboxylic acids is 4. The molecule has 504 valence electrons. The van der Waals surface area contributed by atoms with E-state index in [1.165, 1.54) is 29.6 Å². The first-order chi connectivity index (χ1) is 47.4. The predicted octanol–water partition coefficient (Wildman–Crippen LogP) is 17.0. The van der Waals surface area contributed by atoms with Crippen LogP contribution in [-0.2, 0) is 0 Å². The first-order valence-corrected chi connectivity index (χ1v) is 33.3. The molecule has 0 radical (unpaired) electrons. The highest BCUT2D eigenvalue weighted by Crippen LogP contribution is 2.36. The van der Waals surface area contributed by atoms with Gasteiger partial charge in [0.25, 0.3) is 5.91 Å². The highest BCUT2D eigenvalue weighted by Gasteiger charge is 2.18. The summed E-state index contributed by atoms with van der Waals surface area (Å²) in [5, 5.41) is 17.4. The Morgan fingerprint density at radius 3 is 1.10 bits per heavy atom. The molecule has 12 rings (SSSR count). The fourth-order valence-electron chi connectivity index (χ4n) is 10.7. The van der Waals surface area contributed by atoms with Crippen LogP contribution >= 0.6 is 38.6 Å². The highest BCUT2D eigenvalue weighted by molar-refractivity contribution is 9.09. The quantitative estimate of drug-likeness (QED) is 0.0598. The Morgan fingerprint density at radius 1 is 0.444 bits per heavy atom. The van der Waals surface area contributed by atoms with E-state index in [2.05, 4.69) is 76.1 Å². The van der Waals surface area contributed by atoms with Crippen molar-refractivity contribution in [3.8, 4) is 74.8 Å². The molecule has 12 aromatic rings. The number of nitrogens with one attached hydrogen (secondary N) is 1. The van der Waals surface area contributed by atoms with Gasteiger partial charge in [-0.2, -0.15) is 0 Å². The fourth-order valence-corrected chi connectivity index (χ4v) is 12.2. The second kappa shape index (κ2) is 35.0. The standard InChI is InChI=1S/C21H17N5O2S.C15H14N4OS.C14H13BrN2O2.C14H14N2O2.C10H12O2/c1-13-9-16(28-18-11-23-7-8-24-18)10-14(2)19(13)17-12-29-21(25-17)26-20(27)15-3-5-22-6-4-15;1-9-5-11(20-13-7-17-3-4-18-13)6-10(2)14(9)12-8-21-15(16)19-12;1-9-5-11(19-13-8-16-3-4-17-13)6-10(2)14(9)12(18)7-15;1-9-6-12(7-10(2)14(9)11(3)17)18-13-8-15-4-5-16-13;1-6-4-9(12)5-7(2)10(6)8(3)11/h3-12H,1-2H3,(H,25,26,27);3-8H,1-2H3,(H2,16,19);3-6,8H,7H2,1-2H3;4-8H,1-3H3;4-5,12H,1-3H3. The highest BCUT2D eigenvalue weighted by atomic mass is 79.9. The molecule has 22 nitrogen and oxygen atoms in total. The molecule has 0 aliphatic carbocycles. The van der Waals surface area contributed by atoms with Crippen molar-refractivity contribution >= 4 is 72.1 Å². The largest absolute Gasteiger partial charge is 0.508 e. The van der Waals surface area contributed by atoms with Crippen molar-refractivity contribution in [2.75, 3.05) is 16.4 Å². The van der Waals surface area contributed by atoms with Crippen LogP contribution in [-0.4, -0.2) is 88.5 Å². The van der Waals surface area contributed by atoms with Crippen LogP contribution in [0.4, 0.5) is 10.3 Å². The Hall–Kier alpha value is -11.4. The number of aryl methyl sites for hydroxylation is 10. The molecule has 0 atom stereocenters. The summed E-state index contributed by atoms with van der Waals surface area (Å²) >= 11 is 6.02. The number of pyridine rings is 1. The molecule has 0 unspecified atom stereocenters. The minimum atomic E-state index is -0.213. The second-order valence-corrected chi connectivity index (χ2v) is 24.5. The molecule has 0 aliphatic heterocycles. The van der Waals surface area contributed by atoms with Crippen molar-refractivity contribution in [2.45, 2.75) is 83.1 Å². The molecular formula is C74H70BrN13O9S2. The zero-order valence-corrected chi connectivity index (χ0v) is 59.5. The Labute approximate surface area is 589 Å². The van der Waals surface area contributed by atoms with E-state index in [0.29, 0.717) is 67.5 Å². The zero-order chi connectivity index (χ0) is 71.3. The van der Waals surface area contributed by atoms with Crippen LogP contribution in [0.25, 0.3) is 22.5 Å². The second-order valence-electron chi connectivity index (χ2n) is 22.2. The molecule has 0 bridgehead atoms. The third-order valence-electron chi connectivity index (χ3n) is 14.4. The summed E-state index contributed by atoms with van der Waals surface area (Å²) in [5.41, 5.74) is 21.7. The molecule has 0 saturated heterocycles. The smallest absolute Gasteiger partial charge is 0.257 e. The number of hydrogen-bond donors (Lipinski definition) is 3. The van der Waals surface area contributed by atoms with Gasteiger partial charge < -0.3 is 29.8 Å². The van der Waals surface area contributed by atoms with Crippen molar-refractivity contribution in [3.05, 3.63) is 248 Å². The van der Waals surface area contributed by atoms with Crippen molar-refractivity contribution in [3.63, 3.8) is 0 Å². The van der Waals surface area contributed by atoms with E-state index in [4.69, 9.17) is 24.7 Å². The Morgan fingerprint density at radius 2 is 0.778 bits per heavy atom. The third kappa shape index (κ3) is 20.8. The van der Waals surface area contributed by atoms with Gasteiger partial charge in [0, 0.05) is 106 Å². The first kappa shape index (κ1) is 73.4. The maximum absolute atomic E-state index is 12.3. The maximum atomic E-state index is 12.3. The number of benzene rings is 5. The lowest BCUT2D eigenvalue weighted by atomic mass is 9.99. The van der Waals surface area contributed by atoms with Crippen molar-refractivity contribution in [2.24, 2.45) is 0 Å². The van der Waals surface area contributed by atoms with E-state index in [9.17, 15) is 24.3 Å². The summed E-state index contributed by atoms with van der Waals surface area (Å²) in [5.74, 6) is 4.70. The number of aromatic nitrogens is 11. The van der Waals surface area contributed by atoms with Crippen molar-refractivity contribution in [1.82, 2.24) is 54.8 Å². The summed E-state index contributed by atoms with van der Waals surface area (Å²) < 4.78 is 22.7. The number of alkyl halides is 1. The van der Waals surface area contributed by atoms with Gasteiger partial charge in [0.05, 0.1) is 41.5 Å². The Balaban J connectivity index is 0.000000162. The van der Waals surface area contributed by atoms with E-state index in [0.717, 1.165) is 95.0 Å².